The molecule has 0 radical (unpaired) electrons. The Labute approximate surface area is 106 Å². The van der Waals surface area contributed by atoms with Crippen molar-refractivity contribution in [2.45, 2.75) is 37.6 Å². The first-order valence-electron chi connectivity index (χ1n) is 6.40. The van der Waals surface area contributed by atoms with Crippen LogP contribution in [0, 0.1) is 0 Å². The average Bonchev–Trinajstić information content (AvgIpc) is 3.09. The summed E-state index contributed by atoms with van der Waals surface area (Å²) in [6.45, 7) is 0. The Morgan fingerprint density at radius 2 is 2.22 bits per heavy atom. The second-order valence-electron chi connectivity index (χ2n) is 4.99. The molecule has 3 N–H and O–H groups in total. The minimum atomic E-state index is -0.301. The smallest absolute Gasteiger partial charge is 0.171 e. The van der Waals surface area contributed by atoms with Crippen LogP contribution in [0.2, 0.25) is 0 Å². The van der Waals surface area contributed by atoms with Crippen LogP contribution in [0.1, 0.15) is 54.9 Å². The first-order valence-corrected chi connectivity index (χ1v) is 6.40. The van der Waals surface area contributed by atoms with Crippen molar-refractivity contribution < 1.29 is 0 Å². The van der Waals surface area contributed by atoms with Crippen LogP contribution in [-0.2, 0) is 7.05 Å². The molecular weight excluding hydrogens is 228 g/mol. The van der Waals surface area contributed by atoms with Crippen LogP contribution in [0.15, 0.2) is 12.4 Å². The molecule has 0 spiro atoms. The van der Waals surface area contributed by atoms with E-state index < -0.39 is 0 Å². The van der Waals surface area contributed by atoms with E-state index in [0.717, 1.165) is 11.4 Å². The van der Waals surface area contributed by atoms with Gasteiger partial charge in [-0.05, 0) is 12.8 Å². The second kappa shape index (κ2) is 4.53. The Morgan fingerprint density at radius 1 is 1.44 bits per heavy atom. The molecule has 1 aliphatic carbocycles. The fourth-order valence-corrected chi connectivity index (χ4v) is 2.56. The minimum Gasteiger partial charge on any atom is -0.317 e. The van der Waals surface area contributed by atoms with Crippen LogP contribution in [0.5, 0.6) is 0 Å². The van der Waals surface area contributed by atoms with E-state index in [0.29, 0.717) is 11.7 Å². The number of rotatable bonds is 3. The molecule has 1 aliphatic rings. The summed E-state index contributed by atoms with van der Waals surface area (Å²) < 4.78 is 1.74. The van der Waals surface area contributed by atoms with E-state index in [4.69, 9.17) is 5.73 Å². The van der Waals surface area contributed by atoms with Crippen molar-refractivity contribution in [1.82, 2.24) is 25.0 Å². The highest BCUT2D eigenvalue weighted by molar-refractivity contribution is 5.18. The van der Waals surface area contributed by atoms with Crippen molar-refractivity contribution in [1.29, 1.82) is 0 Å². The van der Waals surface area contributed by atoms with E-state index in [1.54, 1.807) is 10.9 Å². The molecule has 1 saturated carbocycles. The fourth-order valence-electron chi connectivity index (χ4n) is 2.56. The molecule has 0 saturated heterocycles. The number of aromatic nitrogens is 5. The Morgan fingerprint density at radius 3 is 2.89 bits per heavy atom. The first-order chi connectivity index (χ1) is 8.74. The minimum absolute atomic E-state index is 0.301. The Bertz CT molecular complexity index is 522. The van der Waals surface area contributed by atoms with Crippen molar-refractivity contribution in [2.24, 2.45) is 12.8 Å². The molecule has 96 valence electrons. The standard InChI is InChI=1S/C12H18N6/c1-18-7-9(6-14-18)10(13)12-15-11(16-17-12)8-4-2-3-5-8/h6-8,10H,2-5,13H2,1H3,(H,15,16,17). The van der Waals surface area contributed by atoms with Crippen LogP contribution in [0.4, 0.5) is 0 Å². The monoisotopic (exact) mass is 246 g/mol. The average molecular weight is 246 g/mol. The normalized spacial score (nSPS) is 18.3. The molecule has 6 nitrogen and oxygen atoms in total. The van der Waals surface area contributed by atoms with Crippen molar-refractivity contribution in [3.05, 3.63) is 29.6 Å². The van der Waals surface area contributed by atoms with Gasteiger partial charge in [0.1, 0.15) is 5.82 Å². The molecule has 6 heteroatoms. The highest BCUT2D eigenvalue weighted by atomic mass is 15.3. The van der Waals surface area contributed by atoms with Crippen LogP contribution in [0.3, 0.4) is 0 Å². The summed E-state index contributed by atoms with van der Waals surface area (Å²) >= 11 is 0. The van der Waals surface area contributed by atoms with Gasteiger partial charge in [-0.3, -0.25) is 9.78 Å². The molecule has 3 rings (SSSR count). The largest absolute Gasteiger partial charge is 0.317 e. The molecule has 18 heavy (non-hydrogen) atoms. The van der Waals surface area contributed by atoms with Gasteiger partial charge in [0, 0.05) is 24.7 Å². The summed E-state index contributed by atoms with van der Waals surface area (Å²) in [7, 11) is 1.87. The van der Waals surface area contributed by atoms with E-state index in [1.807, 2.05) is 13.2 Å². The number of hydrogen-bond acceptors (Lipinski definition) is 4. The summed E-state index contributed by atoms with van der Waals surface area (Å²) in [5.74, 6) is 2.18. The molecule has 0 aliphatic heterocycles. The fraction of sp³-hybridized carbons (Fsp3) is 0.583. The number of aromatic amines is 1. The van der Waals surface area contributed by atoms with Crippen molar-refractivity contribution >= 4 is 0 Å². The predicted molar refractivity (Wildman–Crippen MR) is 66.8 cm³/mol. The predicted octanol–water partition coefficient (Wildman–Crippen LogP) is 1.24. The zero-order valence-corrected chi connectivity index (χ0v) is 10.5. The first kappa shape index (κ1) is 11.4. The third kappa shape index (κ3) is 2.03. The van der Waals surface area contributed by atoms with Gasteiger partial charge in [0.15, 0.2) is 5.82 Å². The molecule has 0 aromatic carbocycles. The summed E-state index contributed by atoms with van der Waals surface area (Å²) in [5, 5.41) is 11.4. The Kier molecular flexibility index (Phi) is 2.87. The van der Waals surface area contributed by atoms with Crippen LogP contribution < -0.4 is 5.73 Å². The van der Waals surface area contributed by atoms with E-state index >= 15 is 0 Å². The van der Waals surface area contributed by atoms with Gasteiger partial charge in [0.05, 0.1) is 12.2 Å². The number of H-pyrrole nitrogens is 1. The van der Waals surface area contributed by atoms with Crippen LogP contribution >= 0.6 is 0 Å². The summed E-state index contributed by atoms with van der Waals surface area (Å²) in [5.41, 5.74) is 7.08. The lowest BCUT2D eigenvalue weighted by atomic mass is 10.1. The third-order valence-corrected chi connectivity index (χ3v) is 3.62. The van der Waals surface area contributed by atoms with Gasteiger partial charge in [-0.25, -0.2) is 4.98 Å². The maximum absolute atomic E-state index is 6.14. The molecule has 0 amide bonds. The molecule has 1 unspecified atom stereocenters. The van der Waals surface area contributed by atoms with Crippen molar-refractivity contribution in [2.75, 3.05) is 0 Å². The highest BCUT2D eigenvalue weighted by Crippen LogP contribution is 2.32. The molecule has 2 aromatic rings. The van der Waals surface area contributed by atoms with Gasteiger partial charge in [0.25, 0.3) is 0 Å². The van der Waals surface area contributed by atoms with E-state index in [2.05, 4.69) is 20.3 Å². The molecule has 0 bridgehead atoms. The van der Waals surface area contributed by atoms with Crippen LogP contribution in [-0.4, -0.2) is 25.0 Å². The highest BCUT2D eigenvalue weighted by Gasteiger charge is 2.22. The maximum Gasteiger partial charge on any atom is 0.171 e. The molecule has 1 atom stereocenters. The summed E-state index contributed by atoms with van der Waals surface area (Å²) in [6.07, 6.45) is 8.64. The number of hydrogen-bond donors (Lipinski definition) is 2. The lowest BCUT2D eigenvalue weighted by Gasteiger charge is -2.04. The third-order valence-electron chi connectivity index (χ3n) is 3.62. The van der Waals surface area contributed by atoms with Gasteiger partial charge in [-0.1, -0.05) is 12.8 Å². The SMILES string of the molecule is Cn1cc(C(N)c2n[nH]c(C3CCCC3)n2)cn1. The number of nitrogens with two attached hydrogens (primary N) is 1. The van der Waals surface area contributed by atoms with E-state index in [9.17, 15) is 0 Å². The lowest BCUT2D eigenvalue weighted by molar-refractivity contribution is 0.670. The van der Waals surface area contributed by atoms with Gasteiger partial charge in [0.2, 0.25) is 0 Å². The van der Waals surface area contributed by atoms with E-state index in [1.165, 1.54) is 25.7 Å². The van der Waals surface area contributed by atoms with E-state index in [-0.39, 0.29) is 6.04 Å². The topological polar surface area (TPSA) is 85.4 Å². The number of nitrogens with zero attached hydrogens (tertiary/aromatic N) is 4. The Hall–Kier alpha value is -1.69. The van der Waals surface area contributed by atoms with Crippen molar-refractivity contribution in [3.8, 4) is 0 Å². The quantitative estimate of drug-likeness (QED) is 0.853. The summed E-state index contributed by atoms with van der Waals surface area (Å²) in [6, 6.07) is -0.301. The van der Waals surface area contributed by atoms with Gasteiger partial charge >= 0.3 is 0 Å². The summed E-state index contributed by atoms with van der Waals surface area (Å²) in [4.78, 5) is 4.55. The Balaban J connectivity index is 1.80. The molecule has 2 aromatic heterocycles. The number of nitrogens with one attached hydrogen (secondary N) is 1. The number of aryl methyl sites for hydroxylation is 1. The second-order valence-corrected chi connectivity index (χ2v) is 4.99. The molecule has 1 fully saturated rings. The van der Waals surface area contributed by atoms with Crippen LogP contribution in [0.25, 0.3) is 0 Å². The van der Waals surface area contributed by atoms with Crippen molar-refractivity contribution in [3.63, 3.8) is 0 Å². The zero-order valence-electron chi connectivity index (χ0n) is 10.5. The zero-order chi connectivity index (χ0) is 12.5. The van der Waals surface area contributed by atoms with Gasteiger partial charge < -0.3 is 5.73 Å². The molecular formula is C12H18N6. The van der Waals surface area contributed by atoms with Gasteiger partial charge in [-0.2, -0.15) is 10.2 Å². The maximum atomic E-state index is 6.14. The lowest BCUT2D eigenvalue weighted by Crippen LogP contribution is -2.13. The van der Waals surface area contributed by atoms with Gasteiger partial charge in [-0.15, -0.1) is 0 Å². The molecule has 2 heterocycles.